The third-order valence-corrected chi connectivity index (χ3v) is 2.35. The van der Waals surface area contributed by atoms with Crippen LogP contribution in [-0.2, 0) is 11.1 Å². The van der Waals surface area contributed by atoms with Gasteiger partial charge in [0.05, 0.1) is 0 Å². The summed E-state index contributed by atoms with van der Waals surface area (Å²) in [4.78, 5) is 0. The van der Waals surface area contributed by atoms with Crippen LogP contribution in [0.3, 0.4) is 0 Å². The van der Waals surface area contributed by atoms with E-state index < -0.39 is 0 Å². The van der Waals surface area contributed by atoms with Gasteiger partial charge in [0.25, 0.3) is 0 Å². The molecule has 0 saturated heterocycles. The maximum Gasteiger partial charge on any atom is 0.0352 e. The molecule has 0 radical (unpaired) electrons. The zero-order valence-electron chi connectivity index (χ0n) is 10.3. The van der Waals surface area contributed by atoms with Gasteiger partial charge < -0.3 is 11.5 Å². The summed E-state index contributed by atoms with van der Waals surface area (Å²) in [5.74, 6) is 0. The van der Waals surface area contributed by atoms with Gasteiger partial charge in [0, 0.05) is 11.1 Å². The van der Waals surface area contributed by atoms with Gasteiger partial charge in [-0.15, -0.1) is 24.8 Å². The monoisotopic (exact) mass is 264 g/mol. The third kappa shape index (κ3) is 4.71. The van der Waals surface area contributed by atoms with E-state index in [1.165, 1.54) is 0 Å². The van der Waals surface area contributed by atoms with Gasteiger partial charge in [-0.25, -0.2) is 0 Å². The normalized spacial score (nSPS) is 11.4. The minimum Gasteiger partial charge on any atom is -0.322 e. The highest BCUT2D eigenvalue weighted by Crippen LogP contribution is 2.23. The van der Waals surface area contributed by atoms with E-state index in [2.05, 4.69) is 6.07 Å². The quantitative estimate of drug-likeness (QED) is 0.863. The first-order chi connectivity index (χ1) is 6.21. The minimum atomic E-state index is -0.304. The van der Waals surface area contributed by atoms with Crippen molar-refractivity contribution in [3.8, 4) is 0 Å². The number of rotatable bonds is 2. The lowest BCUT2D eigenvalue weighted by Gasteiger charge is -2.24. The summed E-state index contributed by atoms with van der Waals surface area (Å²) in [6.45, 7) is 7.98. The number of benzene rings is 1. The molecule has 0 atom stereocenters. The molecule has 1 aromatic carbocycles. The van der Waals surface area contributed by atoms with Crippen molar-refractivity contribution in [3.05, 3.63) is 35.4 Å². The van der Waals surface area contributed by atoms with Crippen molar-refractivity contribution >= 4 is 24.8 Å². The molecule has 1 aromatic rings. The Morgan fingerprint density at radius 1 is 0.812 bits per heavy atom. The minimum absolute atomic E-state index is 0. The van der Waals surface area contributed by atoms with Crippen LogP contribution >= 0.6 is 24.8 Å². The molecule has 0 bridgehead atoms. The first-order valence-electron chi connectivity index (χ1n) is 4.90. The molecular formula is C12H22Cl2N2. The van der Waals surface area contributed by atoms with Gasteiger partial charge in [-0.2, -0.15) is 0 Å². The SMILES string of the molecule is CC(C)(N)c1cccc(C(C)(C)N)c1.Cl.Cl. The van der Waals surface area contributed by atoms with E-state index in [-0.39, 0.29) is 35.9 Å². The van der Waals surface area contributed by atoms with Crippen molar-refractivity contribution in [3.63, 3.8) is 0 Å². The number of hydrogen-bond donors (Lipinski definition) is 2. The van der Waals surface area contributed by atoms with Gasteiger partial charge >= 0.3 is 0 Å². The highest BCUT2D eigenvalue weighted by Gasteiger charge is 2.18. The molecule has 4 heteroatoms. The summed E-state index contributed by atoms with van der Waals surface area (Å²) in [6.07, 6.45) is 0. The Kier molecular flexibility index (Phi) is 6.64. The lowest BCUT2D eigenvalue weighted by atomic mass is 9.88. The molecule has 4 N–H and O–H groups in total. The fourth-order valence-electron chi connectivity index (χ4n) is 1.32. The molecule has 0 unspecified atom stereocenters. The summed E-state index contributed by atoms with van der Waals surface area (Å²) in [7, 11) is 0. The van der Waals surface area contributed by atoms with E-state index in [4.69, 9.17) is 11.5 Å². The lowest BCUT2D eigenvalue weighted by molar-refractivity contribution is 0.534. The van der Waals surface area contributed by atoms with Gasteiger partial charge in [-0.1, -0.05) is 24.3 Å². The summed E-state index contributed by atoms with van der Waals surface area (Å²) < 4.78 is 0. The Morgan fingerprint density at radius 2 is 1.12 bits per heavy atom. The van der Waals surface area contributed by atoms with Crippen LogP contribution in [-0.4, -0.2) is 0 Å². The fraction of sp³-hybridized carbons (Fsp3) is 0.500. The van der Waals surface area contributed by atoms with Crippen LogP contribution < -0.4 is 11.5 Å². The average molecular weight is 265 g/mol. The Labute approximate surface area is 111 Å². The van der Waals surface area contributed by atoms with Crippen LogP contribution in [0, 0.1) is 0 Å². The van der Waals surface area contributed by atoms with E-state index in [0.29, 0.717) is 0 Å². The molecule has 0 saturated carbocycles. The standard InChI is InChI=1S/C12H20N2.2ClH/c1-11(2,13)9-6-5-7-10(8-9)12(3,4)14;;/h5-8H,13-14H2,1-4H3;2*1H. The first kappa shape index (κ1) is 18.1. The molecule has 0 fully saturated rings. The molecule has 94 valence electrons. The van der Waals surface area contributed by atoms with Crippen molar-refractivity contribution < 1.29 is 0 Å². The Hall–Kier alpha value is -0.280. The van der Waals surface area contributed by atoms with Crippen LogP contribution in [0.2, 0.25) is 0 Å². The van der Waals surface area contributed by atoms with Gasteiger partial charge in [0.1, 0.15) is 0 Å². The van der Waals surface area contributed by atoms with Gasteiger partial charge in [-0.3, -0.25) is 0 Å². The van der Waals surface area contributed by atoms with Crippen molar-refractivity contribution in [1.82, 2.24) is 0 Å². The summed E-state index contributed by atoms with van der Waals surface area (Å²) in [6, 6.07) is 8.17. The predicted molar refractivity (Wildman–Crippen MR) is 75.4 cm³/mol. The van der Waals surface area contributed by atoms with E-state index in [0.717, 1.165) is 11.1 Å². The van der Waals surface area contributed by atoms with Crippen molar-refractivity contribution in [1.29, 1.82) is 0 Å². The Morgan fingerprint density at radius 3 is 1.38 bits per heavy atom. The molecular weight excluding hydrogens is 243 g/mol. The number of nitrogens with two attached hydrogens (primary N) is 2. The fourth-order valence-corrected chi connectivity index (χ4v) is 1.32. The Balaban J connectivity index is 0. The first-order valence-corrected chi connectivity index (χ1v) is 4.90. The molecule has 1 rings (SSSR count). The van der Waals surface area contributed by atoms with E-state index >= 15 is 0 Å². The third-order valence-electron chi connectivity index (χ3n) is 2.35. The van der Waals surface area contributed by atoms with Crippen molar-refractivity contribution in [2.75, 3.05) is 0 Å². The Bertz CT molecular complexity index is 295. The molecule has 0 aliphatic heterocycles. The van der Waals surface area contributed by atoms with Crippen molar-refractivity contribution in [2.45, 2.75) is 38.8 Å². The molecule has 2 nitrogen and oxygen atoms in total. The molecule has 0 heterocycles. The number of halogens is 2. The molecule has 0 aromatic heterocycles. The molecule has 0 aliphatic carbocycles. The smallest absolute Gasteiger partial charge is 0.0352 e. The second-order valence-electron chi connectivity index (χ2n) is 5.02. The maximum atomic E-state index is 6.03. The van der Waals surface area contributed by atoms with Crippen LogP contribution in [0.15, 0.2) is 24.3 Å². The molecule has 0 aliphatic rings. The second kappa shape index (κ2) is 5.87. The maximum absolute atomic E-state index is 6.03. The molecule has 0 amide bonds. The van der Waals surface area contributed by atoms with Crippen LogP contribution in [0.25, 0.3) is 0 Å². The van der Waals surface area contributed by atoms with Gasteiger partial charge in [0.2, 0.25) is 0 Å². The average Bonchev–Trinajstić information content (AvgIpc) is 2.01. The lowest BCUT2D eigenvalue weighted by Crippen LogP contribution is -2.32. The number of hydrogen-bond acceptors (Lipinski definition) is 2. The second-order valence-corrected chi connectivity index (χ2v) is 5.02. The topological polar surface area (TPSA) is 52.0 Å². The summed E-state index contributed by atoms with van der Waals surface area (Å²) >= 11 is 0. The van der Waals surface area contributed by atoms with E-state index in [1.807, 2.05) is 45.9 Å². The molecule has 0 spiro atoms. The predicted octanol–water partition coefficient (Wildman–Crippen LogP) is 2.92. The highest BCUT2D eigenvalue weighted by atomic mass is 35.5. The van der Waals surface area contributed by atoms with Crippen LogP contribution in [0.1, 0.15) is 38.8 Å². The largest absolute Gasteiger partial charge is 0.322 e. The summed E-state index contributed by atoms with van der Waals surface area (Å²) in [5, 5.41) is 0. The van der Waals surface area contributed by atoms with Crippen LogP contribution in [0.4, 0.5) is 0 Å². The van der Waals surface area contributed by atoms with Crippen LogP contribution in [0.5, 0.6) is 0 Å². The van der Waals surface area contributed by atoms with Gasteiger partial charge in [-0.05, 0) is 38.8 Å². The zero-order chi connectivity index (χ0) is 11.0. The van der Waals surface area contributed by atoms with E-state index in [1.54, 1.807) is 0 Å². The molecule has 16 heavy (non-hydrogen) atoms. The van der Waals surface area contributed by atoms with Crippen molar-refractivity contribution in [2.24, 2.45) is 11.5 Å². The highest BCUT2D eigenvalue weighted by molar-refractivity contribution is 5.85. The van der Waals surface area contributed by atoms with Gasteiger partial charge in [0.15, 0.2) is 0 Å². The van der Waals surface area contributed by atoms with E-state index in [9.17, 15) is 0 Å². The zero-order valence-corrected chi connectivity index (χ0v) is 11.9. The summed E-state index contributed by atoms with van der Waals surface area (Å²) in [5.41, 5.74) is 13.7.